The summed E-state index contributed by atoms with van der Waals surface area (Å²) in [5, 5.41) is 23.1. The highest BCUT2D eigenvalue weighted by Gasteiger charge is 2.17. The molecule has 6 heteroatoms. The third kappa shape index (κ3) is 49.0. The maximum Gasteiger partial charge on any atom is 0.305 e. The molecule has 0 aromatic heterocycles. The van der Waals surface area contributed by atoms with E-state index in [1.54, 1.807) is 6.08 Å². The number of nitrogens with one attached hydrogen (secondary N) is 1. The number of carbonyl (C=O) groups excluding carboxylic acids is 2. The largest absolute Gasteiger partial charge is 0.466 e. The zero-order chi connectivity index (χ0) is 46.5. The number of ether oxygens (including phenoxy) is 1. The lowest BCUT2D eigenvalue weighted by molar-refractivity contribution is -0.143. The Morgan fingerprint density at radius 2 is 0.828 bits per heavy atom. The summed E-state index contributed by atoms with van der Waals surface area (Å²) < 4.78 is 5.44. The number of esters is 1. The third-order valence-corrected chi connectivity index (χ3v) is 12.2. The van der Waals surface area contributed by atoms with Gasteiger partial charge in [-0.15, -0.1) is 0 Å². The van der Waals surface area contributed by atoms with E-state index in [1.165, 1.54) is 173 Å². The second-order valence-electron chi connectivity index (χ2n) is 18.5. The Morgan fingerprint density at radius 3 is 1.28 bits per heavy atom. The van der Waals surface area contributed by atoms with E-state index >= 15 is 0 Å². The summed E-state index contributed by atoms with van der Waals surface area (Å²) in [5.41, 5.74) is 0. The quantitative estimate of drug-likeness (QED) is 0.0321. The van der Waals surface area contributed by atoms with E-state index in [-0.39, 0.29) is 18.5 Å². The van der Waals surface area contributed by atoms with Crippen molar-refractivity contribution in [3.63, 3.8) is 0 Å². The van der Waals surface area contributed by atoms with Crippen LogP contribution in [0.4, 0.5) is 0 Å². The van der Waals surface area contributed by atoms with Gasteiger partial charge in [-0.1, -0.05) is 242 Å². The summed E-state index contributed by atoms with van der Waals surface area (Å²) in [6.45, 7) is 4.77. The van der Waals surface area contributed by atoms with Gasteiger partial charge in [0, 0.05) is 12.8 Å². The molecular weight excluding hydrogens is 791 g/mol. The molecule has 0 bridgehead atoms. The summed E-state index contributed by atoms with van der Waals surface area (Å²) in [6.07, 6.45) is 68.2. The van der Waals surface area contributed by atoms with Gasteiger partial charge in [0.1, 0.15) is 0 Å². The Hall–Kier alpha value is -2.44. The molecular formula is C58H105NO5. The summed E-state index contributed by atoms with van der Waals surface area (Å²) in [6, 6.07) is -0.674. The van der Waals surface area contributed by atoms with E-state index in [1.807, 2.05) is 12.2 Å². The summed E-state index contributed by atoms with van der Waals surface area (Å²) in [4.78, 5) is 24.4. The monoisotopic (exact) mass is 896 g/mol. The second kappa shape index (κ2) is 53.2. The van der Waals surface area contributed by atoms with E-state index in [4.69, 9.17) is 4.74 Å². The highest BCUT2D eigenvalue weighted by atomic mass is 16.5. The van der Waals surface area contributed by atoms with Gasteiger partial charge >= 0.3 is 5.97 Å². The third-order valence-electron chi connectivity index (χ3n) is 12.2. The van der Waals surface area contributed by atoms with Crippen LogP contribution in [0.25, 0.3) is 0 Å². The molecule has 2 atom stereocenters. The molecule has 64 heavy (non-hydrogen) atoms. The number of aliphatic hydroxyl groups is 2. The lowest BCUT2D eigenvalue weighted by Gasteiger charge is -2.19. The molecule has 0 saturated carbocycles. The van der Waals surface area contributed by atoms with Gasteiger partial charge in [-0.05, 0) is 77.0 Å². The normalized spacial score (nSPS) is 13.1. The number of unbranched alkanes of at least 4 members (excludes halogenated alkanes) is 31. The van der Waals surface area contributed by atoms with Gasteiger partial charge in [0.2, 0.25) is 5.91 Å². The van der Waals surface area contributed by atoms with Gasteiger partial charge in [0.15, 0.2) is 0 Å². The first-order valence-electron chi connectivity index (χ1n) is 27.6. The Bertz CT molecular complexity index is 1130. The molecule has 0 rings (SSSR count). The van der Waals surface area contributed by atoms with Crippen molar-refractivity contribution in [1.82, 2.24) is 5.32 Å². The highest BCUT2D eigenvalue weighted by Crippen LogP contribution is 2.16. The van der Waals surface area contributed by atoms with E-state index in [2.05, 4.69) is 61.7 Å². The molecule has 0 aliphatic carbocycles. The molecule has 0 radical (unpaired) electrons. The Balaban J connectivity index is 3.60. The van der Waals surface area contributed by atoms with Crippen molar-refractivity contribution in [2.75, 3.05) is 13.2 Å². The van der Waals surface area contributed by atoms with Gasteiger partial charge < -0.3 is 20.3 Å². The molecule has 1 amide bonds. The van der Waals surface area contributed by atoms with Crippen LogP contribution in [0.15, 0.2) is 60.8 Å². The molecule has 0 saturated heterocycles. The van der Waals surface area contributed by atoms with E-state index in [9.17, 15) is 19.8 Å². The highest BCUT2D eigenvalue weighted by molar-refractivity contribution is 5.76. The minimum atomic E-state index is -0.882. The maximum absolute atomic E-state index is 12.4. The van der Waals surface area contributed by atoms with Gasteiger partial charge in [-0.2, -0.15) is 0 Å². The molecule has 0 aromatic carbocycles. The number of amides is 1. The van der Waals surface area contributed by atoms with E-state index in [0.29, 0.717) is 25.9 Å². The fraction of sp³-hybridized carbons (Fsp3) is 0.793. The van der Waals surface area contributed by atoms with Crippen LogP contribution in [0.1, 0.15) is 271 Å². The van der Waals surface area contributed by atoms with Crippen LogP contribution in [0.3, 0.4) is 0 Å². The average Bonchev–Trinajstić information content (AvgIpc) is 3.29. The first kappa shape index (κ1) is 61.6. The minimum Gasteiger partial charge on any atom is -0.466 e. The number of carbonyl (C=O) groups is 2. The van der Waals surface area contributed by atoms with E-state index < -0.39 is 12.1 Å². The molecule has 0 aliphatic heterocycles. The van der Waals surface area contributed by atoms with Crippen LogP contribution >= 0.6 is 0 Å². The molecule has 2 unspecified atom stereocenters. The SMILES string of the molecule is CCC/C=C\C/C=C\CCCCCCCC(=O)OCCCCCCCC/C=C\C/C=C\CCC(=O)NC(CO)C(O)/C=C/CCCCCCCCCCCCCCCCCCCCC. The molecule has 0 aromatic rings. The topological polar surface area (TPSA) is 95.9 Å². The van der Waals surface area contributed by atoms with Crippen LogP contribution in [0, 0.1) is 0 Å². The van der Waals surface area contributed by atoms with Crippen molar-refractivity contribution < 1.29 is 24.5 Å². The van der Waals surface area contributed by atoms with Gasteiger partial charge in [0.05, 0.1) is 25.4 Å². The summed E-state index contributed by atoms with van der Waals surface area (Å²) >= 11 is 0. The van der Waals surface area contributed by atoms with Gasteiger partial charge in [-0.25, -0.2) is 0 Å². The number of hydrogen-bond acceptors (Lipinski definition) is 5. The number of aliphatic hydroxyl groups excluding tert-OH is 2. The fourth-order valence-electron chi connectivity index (χ4n) is 8.01. The van der Waals surface area contributed by atoms with Crippen LogP contribution in [0.2, 0.25) is 0 Å². The molecule has 3 N–H and O–H groups in total. The predicted molar refractivity (Wildman–Crippen MR) is 278 cm³/mol. The maximum atomic E-state index is 12.4. The van der Waals surface area contributed by atoms with Crippen molar-refractivity contribution in [3.8, 4) is 0 Å². The van der Waals surface area contributed by atoms with Crippen LogP contribution < -0.4 is 5.32 Å². The Morgan fingerprint density at radius 1 is 0.438 bits per heavy atom. The van der Waals surface area contributed by atoms with Crippen molar-refractivity contribution >= 4 is 11.9 Å². The van der Waals surface area contributed by atoms with Crippen LogP contribution in [0.5, 0.6) is 0 Å². The second-order valence-corrected chi connectivity index (χ2v) is 18.5. The van der Waals surface area contributed by atoms with Crippen molar-refractivity contribution in [1.29, 1.82) is 0 Å². The van der Waals surface area contributed by atoms with Gasteiger partial charge in [0.25, 0.3) is 0 Å². The first-order valence-corrected chi connectivity index (χ1v) is 27.6. The van der Waals surface area contributed by atoms with Crippen LogP contribution in [-0.2, 0) is 14.3 Å². The predicted octanol–water partition coefficient (Wildman–Crippen LogP) is 16.8. The number of allylic oxidation sites excluding steroid dienone is 9. The zero-order valence-corrected chi connectivity index (χ0v) is 42.2. The van der Waals surface area contributed by atoms with Crippen molar-refractivity contribution in [2.24, 2.45) is 0 Å². The molecule has 0 heterocycles. The summed E-state index contributed by atoms with van der Waals surface area (Å²) in [7, 11) is 0. The van der Waals surface area contributed by atoms with Gasteiger partial charge in [-0.3, -0.25) is 9.59 Å². The zero-order valence-electron chi connectivity index (χ0n) is 42.2. The lowest BCUT2D eigenvalue weighted by atomic mass is 10.0. The Kier molecular flexibility index (Phi) is 51.2. The number of rotatable bonds is 50. The molecule has 0 fully saturated rings. The fourth-order valence-corrected chi connectivity index (χ4v) is 8.01. The molecule has 6 nitrogen and oxygen atoms in total. The standard InChI is InChI=1S/C58H105NO5/c1-3-5-7-9-11-13-15-17-18-19-20-21-22-23-24-27-30-34-38-42-46-50-56(61)55(54-60)59-57(62)51-47-43-39-35-31-28-25-29-33-37-41-45-49-53-64-58(63)52-48-44-40-36-32-26-16-14-12-10-8-6-4-2/h8,10,14,16,28,31,39,43,46,50,55-56,60-61H,3-7,9,11-13,15,17-27,29-30,32-38,40-42,44-45,47-49,51-54H2,1-2H3,(H,59,62)/b10-8-,16-14-,31-28-,43-39-,50-46+. The minimum absolute atomic E-state index is 0.0345. The number of hydrogen-bond donors (Lipinski definition) is 3. The molecule has 0 aliphatic rings. The van der Waals surface area contributed by atoms with Crippen molar-refractivity contribution in [2.45, 2.75) is 283 Å². The van der Waals surface area contributed by atoms with E-state index in [0.717, 1.165) is 64.2 Å². The lowest BCUT2D eigenvalue weighted by Crippen LogP contribution is -2.45. The van der Waals surface area contributed by atoms with Crippen molar-refractivity contribution in [3.05, 3.63) is 60.8 Å². The molecule has 372 valence electrons. The van der Waals surface area contributed by atoms with Crippen LogP contribution in [-0.4, -0.2) is 47.4 Å². The molecule has 0 spiro atoms. The Labute approximate surface area is 397 Å². The smallest absolute Gasteiger partial charge is 0.305 e. The summed E-state index contributed by atoms with van der Waals surface area (Å²) in [5.74, 6) is -0.184. The average molecular weight is 896 g/mol. The first-order chi connectivity index (χ1) is 31.5.